The van der Waals surface area contributed by atoms with Gasteiger partial charge in [0.1, 0.15) is 5.75 Å². The summed E-state index contributed by atoms with van der Waals surface area (Å²) in [4.78, 5) is 0.340. The summed E-state index contributed by atoms with van der Waals surface area (Å²) in [5.74, 6) is 0.919. The fourth-order valence-electron chi connectivity index (χ4n) is 2.24. The van der Waals surface area contributed by atoms with Crippen molar-refractivity contribution in [3.63, 3.8) is 0 Å². The molecule has 1 saturated heterocycles. The normalized spacial score (nSPS) is 20.5. The van der Waals surface area contributed by atoms with E-state index in [1.165, 1.54) is 18.4 Å². The van der Waals surface area contributed by atoms with Crippen molar-refractivity contribution in [1.82, 2.24) is 0 Å². The second kappa shape index (κ2) is 7.65. The van der Waals surface area contributed by atoms with Gasteiger partial charge in [0.25, 0.3) is 0 Å². The fourth-order valence-corrected chi connectivity index (χ4v) is 3.45. The van der Waals surface area contributed by atoms with Crippen molar-refractivity contribution in [3.05, 3.63) is 28.2 Å². The maximum Gasteiger partial charge on any atom is 0.133 e. The summed E-state index contributed by atoms with van der Waals surface area (Å²) in [6, 6.07) is 6.31. The minimum Gasteiger partial charge on any atom is -0.492 e. The molecule has 1 heterocycles. The van der Waals surface area contributed by atoms with Crippen LogP contribution in [0.15, 0.2) is 22.7 Å². The van der Waals surface area contributed by atoms with Gasteiger partial charge in [-0.3, -0.25) is 0 Å². The Morgan fingerprint density at radius 1 is 1.47 bits per heavy atom. The standard InChI is InChI=1S/C15H20Br2O2/c1-2-7-19-15-6-5-11(9-14(15)17)13(16)10-12-4-3-8-18-12/h5-6,9,12-13H,2-4,7-8,10H2,1H3. The van der Waals surface area contributed by atoms with E-state index in [1.54, 1.807) is 0 Å². The molecule has 2 unspecified atom stereocenters. The minimum atomic E-state index is 0.340. The lowest BCUT2D eigenvalue weighted by Gasteiger charge is -2.16. The molecule has 0 amide bonds. The lowest BCUT2D eigenvalue weighted by molar-refractivity contribution is 0.104. The van der Waals surface area contributed by atoms with Crippen LogP contribution >= 0.6 is 31.9 Å². The molecule has 2 atom stereocenters. The average molecular weight is 392 g/mol. The molecule has 1 aromatic rings. The highest BCUT2D eigenvalue weighted by Crippen LogP contribution is 2.35. The molecule has 1 aliphatic rings. The number of rotatable bonds is 6. The topological polar surface area (TPSA) is 18.5 Å². The molecule has 4 heteroatoms. The van der Waals surface area contributed by atoms with Gasteiger partial charge in [0.2, 0.25) is 0 Å². The minimum absolute atomic E-state index is 0.340. The van der Waals surface area contributed by atoms with E-state index in [0.717, 1.165) is 36.3 Å². The van der Waals surface area contributed by atoms with Gasteiger partial charge >= 0.3 is 0 Å². The van der Waals surface area contributed by atoms with E-state index in [2.05, 4.69) is 50.9 Å². The first kappa shape index (κ1) is 15.3. The maximum atomic E-state index is 5.69. The Morgan fingerprint density at radius 2 is 2.32 bits per heavy atom. The second-order valence-corrected chi connectivity index (χ2v) is 6.84. The van der Waals surface area contributed by atoms with Crippen LogP contribution < -0.4 is 4.74 Å². The van der Waals surface area contributed by atoms with Crippen LogP contribution in [0.4, 0.5) is 0 Å². The number of benzene rings is 1. The first-order valence-corrected chi connectivity index (χ1v) is 8.59. The highest BCUT2D eigenvalue weighted by Gasteiger charge is 2.20. The monoisotopic (exact) mass is 390 g/mol. The number of hydrogen-bond donors (Lipinski definition) is 0. The molecule has 19 heavy (non-hydrogen) atoms. The Hall–Kier alpha value is -0.0600. The van der Waals surface area contributed by atoms with Crippen molar-refractivity contribution >= 4 is 31.9 Å². The fraction of sp³-hybridized carbons (Fsp3) is 0.600. The lowest BCUT2D eigenvalue weighted by Crippen LogP contribution is -2.08. The molecule has 0 aliphatic carbocycles. The molecule has 0 N–H and O–H groups in total. The molecule has 1 fully saturated rings. The number of hydrogen-bond acceptors (Lipinski definition) is 2. The van der Waals surface area contributed by atoms with Crippen molar-refractivity contribution < 1.29 is 9.47 Å². The van der Waals surface area contributed by atoms with Gasteiger partial charge in [-0.2, -0.15) is 0 Å². The Balaban J connectivity index is 1.97. The highest BCUT2D eigenvalue weighted by atomic mass is 79.9. The summed E-state index contributed by atoms with van der Waals surface area (Å²) in [5, 5.41) is 0. The maximum absolute atomic E-state index is 5.69. The van der Waals surface area contributed by atoms with Crippen LogP contribution in [0.3, 0.4) is 0 Å². The van der Waals surface area contributed by atoms with E-state index in [0.29, 0.717) is 10.9 Å². The molecular formula is C15H20Br2O2. The molecule has 0 bridgehead atoms. The molecule has 2 nitrogen and oxygen atoms in total. The predicted molar refractivity (Wildman–Crippen MR) is 85.2 cm³/mol. The van der Waals surface area contributed by atoms with Crippen molar-refractivity contribution in [3.8, 4) is 5.75 Å². The van der Waals surface area contributed by atoms with E-state index < -0.39 is 0 Å². The second-order valence-electron chi connectivity index (χ2n) is 4.88. The molecule has 0 aromatic heterocycles. The zero-order valence-corrected chi connectivity index (χ0v) is 14.4. The molecule has 0 spiro atoms. The Bertz CT molecular complexity index is 403. The summed E-state index contributed by atoms with van der Waals surface area (Å²) in [6.07, 6.45) is 4.83. The smallest absolute Gasteiger partial charge is 0.133 e. The third-order valence-corrected chi connectivity index (χ3v) is 4.80. The number of ether oxygens (including phenoxy) is 2. The summed E-state index contributed by atoms with van der Waals surface area (Å²) in [6.45, 7) is 3.78. The Kier molecular flexibility index (Phi) is 6.17. The molecule has 106 valence electrons. The first-order chi connectivity index (χ1) is 9.20. The average Bonchev–Trinajstić information content (AvgIpc) is 2.90. The van der Waals surface area contributed by atoms with Crippen LogP contribution in [0.5, 0.6) is 5.75 Å². The number of halogens is 2. The van der Waals surface area contributed by atoms with Crippen LogP contribution in [0.1, 0.15) is 43.0 Å². The first-order valence-electron chi connectivity index (χ1n) is 6.88. The SMILES string of the molecule is CCCOc1ccc(C(Br)CC2CCCO2)cc1Br. The van der Waals surface area contributed by atoms with Crippen molar-refractivity contribution in [2.75, 3.05) is 13.2 Å². The Morgan fingerprint density at radius 3 is 2.95 bits per heavy atom. The Labute approximate surface area is 132 Å². The van der Waals surface area contributed by atoms with Gasteiger partial charge in [0.05, 0.1) is 17.2 Å². The van der Waals surface area contributed by atoms with Crippen LogP contribution in [-0.4, -0.2) is 19.3 Å². The molecule has 2 rings (SSSR count). The third-order valence-electron chi connectivity index (χ3n) is 3.27. The van der Waals surface area contributed by atoms with Crippen LogP contribution in [0.2, 0.25) is 0 Å². The zero-order chi connectivity index (χ0) is 13.7. The van der Waals surface area contributed by atoms with Gasteiger partial charge in [-0.25, -0.2) is 0 Å². The van der Waals surface area contributed by atoms with Crippen LogP contribution in [0, 0.1) is 0 Å². The van der Waals surface area contributed by atoms with Gasteiger partial charge in [0.15, 0.2) is 0 Å². The van der Waals surface area contributed by atoms with Crippen LogP contribution in [-0.2, 0) is 4.74 Å². The van der Waals surface area contributed by atoms with E-state index in [4.69, 9.17) is 9.47 Å². The molecule has 0 radical (unpaired) electrons. The lowest BCUT2D eigenvalue weighted by atomic mass is 10.0. The quantitative estimate of drug-likeness (QED) is 0.617. The van der Waals surface area contributed by atoms with E-state index in [-0.39, 0.29) is 0 Å². The van der Waals surface area contributed by atoms with Gasteiger partial charge in [-0.15, -0.1) is 0 Å². The third kappa shape index (κ3) is 4.47. The molecule has 0 saturated carbocycles. The largest absolute Gasteiger partial charge is 0.492 e. The molecule has 1 aromatic carbocycles. The van der Waals surface area contributed by atoms with Gasteiger partial charge < -0.3 is 9.47 Å². The predicted octanol–water partition coefficient (Wildman–Crippen LogP) is 5.24. The zero-order valence-electron chi connectivity index (χ0n) is 11.2. The van der Waals surface area contributed by atoms with E-state index >= 15 is 0 Å². The van der Waals surface area contributed by atoms with Crippen molar-refractivity contribution in [1.29, 1.82) is 0 Å². The van der Waals surface area contributed by atoms with Crippen LogP contribution in [0.25, 0.3) is 0 Å². The van der Waals surface area contributed by atoms with Gasteiger partial charge in [0, 0.05) is 11.4 Å². The van der Waals surface area contributed by atoms with Crippen molar-refractivity contribution in [2.45, 2.75) is 43.5 Å². The van der Waals surface area contributed by atoms with Gasteiger partial charge in [-0.1, -0.05) is 28.9 Å². The molecular weight excluding hydrogens is 372 g/mol. The summed E-state index contributed by atoms with van der Waals surface area (Å²) in [5.41, 5.74) is 1.27. The van der Waals surface area contributed by atoms with Gasteiger partial charge in [-0.05, 0) is 59.3 Å². The number of alkyl halides is 1. The highest BCUT2D eigenvalue weighted by molar-refractivity contribution is 9.10. The van der Waals surface area contributed by atoms with Crippen molar-refractivity contribution in [2.24, 2.45) is 0 Å². The summed E-state index contributed by atoms with van der Waals surface area (Å²) in [7, 11) is 0. The summed E-state index contributed by atoms with van der Waals surface area (Å²) < 4.78 is 12.4. The van der Waals surface area contributed by atoms with E-state index in [1.807, 2.05) is 6.07 Å². The molecule has 1 aliphatic heterocycles. The summed E-state index contributed by atoms with van der Waals surface area (Å²) >= 11 is 7.35. The van der Waals surface area contributed by atoms with E-state index in [9.17, 15) is 0 Å².